The topological polar surface area (TPSA) is 24.9 Å². The third-order valence-corrected chi connectivity index (χ3v) is 4.15. The van der Waals surface area contributed by atoms with Crippen molar-refractivity contribution in [2.75, 3.05) is 13.6 Å². The molecule has 0 amide bonds. The van der Waals surface area contributed by atoms with E-state index in [2.05, 4.69) is 10.3 Å². The lowest BCUT2D eigenvalue weighted by Crippen LogP contribution is -2.07. The summed E-state index contributed by atoms with van der Waals surface area (Å²) in [6, 6.07) is 5.28. The van der Waals surface area contributed by atoms with E-state index in [4.69, 9.17) is 0 Å². The second-order valence-corrected chi connectivity index (χ2v) is 6.00. The number of benzene rings is 1. The van der Waals surface area contributed by atoms with Gasteiger partial charge in [-0.05, 0) is 44.1 Å². The Hall–Kier alpha value is -1.40. The van der Waals surface area contributed by atoms with Crippen LogP contribution < -0.4 is 5.32 Å². The molecule has 114 valence electrons. The molecule has 2 rings (SSSR count). The fourth-order valence-corrected chi connectivity index (χ4v) is 2.97. The first-order chi connectivity index (χ1) is 9.99. The van der Waals surface area contributed by atoms with Gasteiger partial charge in [0.2, 0.25) is 0 Å². The van der Waals surface area contributed by atoms with Gasteiger partial charge in [0.1, 0.15) is 0 Å². The lowest BCUT2D eigenvalue weighted by atomic mass is 10.1. The minimum Gasteiger partial charge on any atom is -0.320 e. The largest absolute Gasteiger partial charge is 0.416 e. The Kier molecular flexibility index (Phi) is 5.36. The zero-order valence-electron chi connectivity index (χ0n) is 11.7. The summed E-state index contributed by atoms with van der Waals surface area (Å²) in [6.07, 6.45) is 0.193. The molecule has 0 saturated carbocycles. The van der Waals surface area contributed by atoms with E-state index in [1.54, 1.807) is 11.3 Å². The molecule has 1 N–H and O–H groups in total. The molecule has 2 aromatic rings. The molecular formula is C15H17F3N2S. The summed E-state index contributed by atoms with van der Waals surface area (Å²) in [5, 5.41) is 4.03. The molecule has 2 nitrogen and oxygen atoms in total. The quantitative estimate of drug-likeness (QED) is 0.818. The Bertz CT molecular complexity index is 561. The van der Waals surface area contributed by atoms with E-state index in [1.165, 1.54) is 17.0 Å². The van der Waals surface area contributed by atoms with E-state index in [-0.39, 0.29) is 0 Å². The van der Waals surface area contributed by atoms with Gasteiger partial charge in [0.25, 0.3) is 0 Å². The molecule has 0 bridgehead atoms. The van der Waals surface area contributed by atoms with E-state index in [0.717, 1.165) is 42.1 Å². The van der Waals surface area contributed by atoms with Crippen molar-refractivity contribution in [1.29, 1.82) is 0 Å². The second-order valence-electron chi connectivity index (χ2n) is 4.80. The van der Waals surface area contributed by atoms with Crippen LogP contribution in [-0.2, 0) is 19.0 Å². The van der Waals surface area contributed by atoms with Crippen molar-refractivity contribution in [2.24, 2.45) is 0 Å². The molecule has 0 spiro atoms. The van der Waals surface area contributed by atoms with Crippen molar-refractivity contribution >= 4 is 11.3 Å². The van der Waals surface area contributed by atoms with E-state index < -0.39 is 11.7 Å². The fourth-order valence-electron chi connectivity index (χ4n) is 1.97. The zero-order chi connectivity index (χ0) is 15.3. The summed E-state index contributed by atoms with van der Waals surface area (Å²) in [6.45, 7) is 0.964. The highest BCUT2D eigenvalue weighted by molar-refractivity contribution is 7.11. The molecule has 0 aliphatic rings. The summed E-state index contributed by atoms with van der Waals surface area (Å²) in [7, 11) is 1.92. The van der Waals surface area contributed by atoms with E-state index in [0.29, 0.717) is 6.42 Å². The van der Waals surface area contributed by atoms with Crippen molar-refractivity contribution in [2.45, 2.75) is 25.4 Å². The van der Waals surface area contributed by atoms with Gasteiger partial charge >= 0.3 is 6.18 Å². The van der Waals surface area contributed by atoms with Gasteiger partial charge < -0.3 is 5.32 Å². The number of aryl methyl sites for hydroxylation is 1. The molecule has 21 heavy (non-hydrogen) atoms. The maximum atomic E-state index is 12.5. The van der Waals surface area contributed by atoms with Crippen molar-refractivity contribution < 1.29 is 13.2 Å². The minimum atomic E-state index is -4.28. The van der Waals surface area contributed by atoms with Gasteiger partial charge in [0.15, 0.2) is 0 Å². The van der Waals surface area contributed by atoms with E-state index >= 15 is 0 Å². The van der Waals surface area contributed by atoms with Gasteiger partial charge in [-0.25, -0.2) is 4.98 Å². The standard InChI is InChI=1S/C15H17F3N2S/c1-19-8-2-3-13-10-20-14(21-13)9-11-4-6-12(7-5-11)15(16,17)18/h4-7,10,19H,2-3,8-9H2,1H3. The van der Waals surface area contributed by atoms with Crippen LogP contribution in [0.25, 0.3) is 0 Å². The van der Waals surface area contributed by atoms with Crippen LogP contribution in [0.15, 0.2) is 30.5 Å². The van der Waals surface area contributed by atoms with Crippen LogP contribution in [0.5, 0.6) is 0 Å². The summed E-state index contributed by atoms with van der Waals surface area (Å²) in [5.74, 6) is 0. The first-order valence-electron chi connectivity index (χ1n) is 6.73. The summed E-state index contributed by atoms with van der Waals surface area (Å²) in [5.41, 5.74) is 0.234. The molecule has 0 fully saturated rings. The third kappa shape index (κ3) is 4.82. The zero-order valence-corrected chi connectivity index (χ0v) is 12.5. The Labute approximate surface area is 126 Å². The molecule has 0 saturated heterocycles. The number of hydrogen-bond acceptors (Lipinski definition) is 3. The molecule has 6 heteroatoms. The van der Waals surface area contributed by atoms with Gasteiger partial charge in [0.05, 0.1) is 10.6 Å². The number of rotatable bonds is 6. The van der Waals surface area contributed by atoms with Crippen LogP contribution in [0.1, 0.15) is 27.4 Å². The van der Waals surface area contributed by atoms with Crippen LogP contribution in [0.4, 0.5) is 13.2 Å². The SMILES string of the molecule is CNCCCc1cnc(Cc2ccc(C(F)(F)F)cc2)s1. The van der Waals surface area contributed by atoms with Gasteiger partial charge in [0, 0.05) is 17.5 Å². The normalized spacial score (nSPS) is 11.8. The molecule has 0 aliphatic carbocycles. The number of alkyl halides is 3. The molecular weight excluding hydrogens is 297 g/mol. The predicted octanol–water partition coefficient (Wildman–Crippen LogP) is 3.90. The van der Waals surface area contributed by atoms with Gasteiger partial charge in [-0.15, -0.1) is 11.3 Å². The van der Waals surface area contributed by atoms with E-state index in [9.17, 15) is 13.2 Å². The summed E-state index contributed by atoms with van der Waals surface area (Å²) >= 11 is 1.63. The van der Waals surface area contributed by atoms with Crippen molar-refractivity contribution in [3.05, 3.63) is 51.5 Å². The maximum Gasteiger partial charge on any atom is 0.416 e. The fraction of sp³-hybridized carbons (Fsp3) is 0.400. The first kappa shape index (κ1) is 16.0. The van der Waals surface area contributed by atoms with Crippen LogP contribution in [0, 0.1) is 0 Å². The highest BCUT2D eigenvalue weighted by Gasteiger charge is 2.29. The van der Waals surface area contributed by atoms with Crippen LogP contribution in [0.2, 0.25) is 0 Å². The number of aromatic nitrogens is 1. The number of thiazole rings is 1. The van der Waals surface area contributed by atoms with Gasteiger partial charge in [-0.2, -0.15) is 13.2 Å². The molecule has 0 unspecified atom stereocenters. The average Bonchev–Trinajstić information content (AvgIpc) is 2.86. The van der Waals surface area contributed by atoms with Crippen LogP contribution in [-0.4, -0.2) is 18.6 Å². The van der Waals surface area contributed by atoms with E-state index in [1.807, 2.05) is 13.2 Å². The number of nitrogens with one attached hydrogen (secondary N) is 1. The van der Waals surface area contributed by atoms with Crippen LogP contribution in [0.3, 0.4) is 0 Å². The Morgan fingerprint density at radius 1 is 1.19 bits per heavy atom. The molecule has 0 atom stereocenters. The van der Waals surface area contributed by atoms with Crippen molar-refractivity contribution in [3.63, 3.8) is 0 Å². The summed E-state index contributed by atoms with van der Waals surface area (Å²) in [4.78, 5) is 5.55. The van der Waals surface area contributed by atoms with Gasteiger partial charge in [-0.1, -0.05) is 12.1 Å². The van der Waals surface area contributed by atoms with Gasteiger partial charge in [-0.3, -0.25) is 0 Å². The third-order valence-electron chi connectivity index (χ3n) is 3.09. The smallest absolute Gasteiger partial charge is 0.320 e. The number of hydrogen-bond donors (Lipinski definition) is 1. The van der Waals surface area contributed by atoms with Crippen molar-refractivity contribution in [1.82, 2.24) is 10.3 Å². The molecule has 1 aromatic heterocycles. The molecule has 1 aromatic carbocycles. The average molecular weight is 314 g/mol. The Morgan fingerprint density at radius 2 is 1.90 bits per heavy atom. The molecule has 0 aliphatic heterocycles. The number of halogens is 3. The number of nitrogens with zero attached hydrogens (tertiary/aromatic N) is 1. The lowest BCUT2D eigenvalue weighted by Gasteiger charge is -2.06. The highest BCUT2D eigenvalue weighted by atomic mass is 32.1. The Morgan fingerprint density at radius 3 is 2.52 bits per heavy atom. The van der Waals surface area contributed by atoms with Crippen molar-refractivity contribution in [3.8, 4) is 0 Å². The van der Waals surface area contributed by atoms with Crippen LogP contribution >= 0.6 is 11.3 Å². The maximum absolute atomic E-state index is 12.5. The lowest BCUT2D eigenvalue weighted by molar-refractivity contribution is -0.137. The predicted molar refractivity (Wildman–Crippen MR) is 78.6 cm³/mol. The minimum absolute atomic E-state index is 0.578. The second kappa shape index (κ2) is 7.04. The summed E-state index contributed by atoms with van der Waals surface area (Å²) < 4.78 is 37.4. The highest BCUT2D eigenvalue weighted by Crippen LogP contribution is 2.29. The molecule has 0 radical (unpaired) electrons. The Balaban J connectivity index is 1.95. The first-order valence-corrected chi connectivity index (χ1v) is 7.55. The molecule has 1 heterocycles. The monoisotopic (exact) mass is 314 g/mol.